The van der Waals surface area contributed by atoms with Gasteiger partial charge in [0.25, 0.3) is 5.91 Å². The van der Waals surface area contributed by atoms with E-state index in [2.05, 4.69) is 0 Å². The molecule has 0 fully saturated rings. The minimum atomic E-state index is -0.433. The minimum Gasteiger partial charge on any atom is -0.355 e. The topological polar surface area (TPSA) is 38.8 Å². The standard InChI is InChI=1S/C13H17NO3/c1-9(2)8-17-14-12(15)10-6-4-5-7-11(10)13(14)16-3/h4-7,9,13H,8H2,1-3H3. The van der Waals surface area contributed by atoms with Crippen molar-refractivity contribution in [3.8, 4) is 0 Å². The minimum absolute atomic E-state index is 0.131. The summed E-state index contributed by atoms with van der Waals surface area (Å²) in [6.45, 7) is 4.57. The molecular weight excluding hydrogens is 218 g/mol. The maximum atomic E-state index is 12.1. The zero-order chi connectivity index (χ0) is 12.4. The Balaban J connectivity index is 2.23. The van der Waals surface area contributed by atoms with Crippen molar-refractivity contribution in [2.45, 2.75) is 20.1 Å². The highest BCUT2D eigenvalue weighted by Crippen LogP contribution is 2.33. The van der Waals surface area contributed by atoms with Crippen LogP contribution in [0.1, 0.15) is 36.0 Å². The molecule has 1 aromatic carbocycles. The van der Waals surface area contributed by atoms with Gasteiger partial charge in [0.15, 0.2) is 6.23 Å². The summed E-state index contributed by atoms with van der Waals surface area (Å²) < 4.78 is 5.33. The van der Waals surface area contributed by atoms with Gasteiger partial charge < -0.3 is 4.74 Å². The second kappa shape index (κ2) is 4.85. The van der Waals surface area contributed by atoms with Gasteiger partial charge in [-0.25, -0.2) is 0 Å². The van der Waals surface area contributed by atoms with Crippen LogP contribution in [0.3, 0.4) is 0 Å². The summed E-state index contributed by atoms with van der Waals surface area (Å²) in [4.78, 5) is 17.6. The van der Waals surface area contributed by atoms with Gasteiger partial charge in [0.2, 0.25) is 0 Å². The average molecular weight is 235 g/mol. The number of fused-ring (bicyclic) bond motifs is 1. The normalized spacial score (nSPS) is 18.9. The van der Waals surface area contributed by atoms with Crippen LogP contribution < -0.4 is 0 Å². The van der Waals surface area contributed by atoms with Gasteiger partial charge in [-0.2, -0.15) is 5.06 Å². The molecular formula is C13H17NO3. The van der Waals surface area contributed by atoms with Gasteiger partial charge in [-0.05, 0) is 12.0 Å². The number of hydroxylamine groups is 2. The number of nitrogens with zero attached hydrogens (tertiary/aromatic N) is 1. The second-order valence-corrected chi connectivity index (χ2v) is 4.50. The zero-order valence-corrected chi connectivity index (χ0v) is 10.3. The molecule has 1 aliphatic rings. The molecule has 2 rings (SSSR count). The molecule has 0 N–H and O–H groups in total. The van der Waals surface area contributed by atoms with Crippen LogP contribution in [0.5, 0.6) is 0 Å². The van der Waals surface area contributed by atoms with Crippen molar-refractivity contribution in [2.24, 2.45) is 5.92 Å². The van der Waals surface area contributed by atoms with Crippen LogP contribution in [0.4, 0.5) is 0 Å². The molecule has 1 unspecified atom stereocenters. The number of rotatable bonds is 4. The summed E-state index contributed by atoms with van der Waals surface area (Å²) in [6, 6.07) is 7.42. The van der Waals surface area contributed by atoms with Crippen molar-refractivity contribution in [3.05, 3.63) is 35.4 Å². The lowest BCUT2D eigenvalue weighted by molar-refractivity contribution is -0.213. The number of amides is 1. The zero-order valence-electron chi connectivity index (χ0n) is 10.3. The highest BCUT2D eigenvalue weighted by molar-refractivity contribution is 5.98. The third-order valence-electron chi connectivity index (χ3n) is 2.64. The number of benzene rings is 1. The molecule has 0 saturated carbocycles. The predicted octanol–water partition coefficient (Wildman–Crippen LogP) is 2.38. The third kappa shape index (κ3) is 2.18. The van der Waals surface area contributed by atoms with Gasteiger partial charge in [-0.15, -0.1) is 0 Å². The van der Waals surface area contributed by atoms with Gasteiger partial charge in [0.05, 0.1) is 6.61 Å². The average Bonchev–Trinajstić information content (AvgIpc) is 2.60. The quantitative estimate of drug-likeness (QED) is 0.804. The molecule has 1 atom stereocenters. The first-order valence-corrected chi connectivity index (χ1v) is 5.73. The number of hydrogen-bond acceptors (Lipinski definition) is 3. The highest BCUT2D eigenvalue weighted by atomic mass is 16.7. The summed E-state index contributed by atoms with van der Waals surface area (Å²) in [7, 11) is 1.58. The molecule has 4 nitrogen and oxygen atoms in total. The lowest BCUT2D eigenvalue weighted by atomic mass is 10.1. The number of hydrogen-bond donors (Lipinski definition) is 0. The first-order chi connectivity index (χ1) is 8.15. The van der Waals surface area contributed by atoms with E-state index >= 15 is 0 Å². The first kappa shape index (κ1) is 12.1. The van der Waals surface area contributed by atoms with Crippen LogP contribution in [-0.4, -0.2) is 24.7 Å². The molecule has 1 aliphatic heterocycles. The highest BCUT2D eigenvalue weighted by Gasteiger charge is 2.37. The first-order valence-electron chi connectivity index (χ1n) is 5.73. The van der Waals surface area contributed by atoms with Crippen LogP contribution in [0, 0.1) is 5.92 Å². The van der Waals surface area contributed by atoms with Gasteiger partial charge >= 0.3 is 0 Å². The van der Waals surface area contributed by atoms with E-state index in [1.165, 1.54) is 5.06 Å². The maximum Gasteiger partial charge on any atom is 0.280 e. The van der Waals surface area contributed by atoms with Crippen molar-refractivity contribution in [1.29, 1.82) is 0 Å². The van der Waals surface area contributed by atoms with Crippen LogP contribution in [0.25, 0.3) is 0 Å². The molecule has 0 radical (unpaired) electrons. The SMILES string of the molecule is COC1c2ccccc2C(=O)N1OCC(C)C. The van der Waals surface area contributed by atoms with Crippen molar-refractivity contribution < 1.29 is 14.4 Å². The summed E-state index contributed by atoms with van der Waals surface area (Å²) in [5.41, 5.74) is 1.52. The van der Waals surface area contributed by atoms with E-state index in [0.717, 1.165) is 5.56 Å². The van der Waals surface area contributed by atoms with Gasteiger partial charge in [-0.3, -0.25) is 9.63 Å². The lowest BCUT2D eigenvalue weighted by Gasteiger charge is -2.23. The Hall–Kier alpha value is -1.39. The predicted molar refractivity (Wildman–Crippen MR) is 63.2 cm³/mol. The van der Waals surface area contributed by atoms with Crippen molar-refractivity contribution in [3.63, 3.8) is 0 Å². The van der Waals surface area contributed by atoms with Crippen molar-refractivity contribution in [1.82, 2.24) is 5.06 Å². The third-order valence-corrected chi connectivity index (χ3v) is 2.64. The van der Waals surface area contributed by atoms with Crippen molar-refractivity contribution >= 4 is 5.91 Å². The van der Waals surface area contributed by atoms with Gasteiger partial charge in [-0.1, -0.05) is 32.0 Å². The van der Waals surface area contributed by atoms with E-state index in [4.69, 9.17) is 9.57 Å². The Morgan fingerprint density at radius 1 is 1.35 bits per heavy atom. The monoisotopic (exact) mass is 235 g/mol. The number of methoxy groups -OCH3 is 1. The maximum absolute atomic E-state index is 12.1. The smallest absolute Gasteiger partial charge is 0.280 e. The van der Waals surface area contributed by atoms with Crippen LogP contribution in [-0.2, 0) is 9.57 Å². The summed E-state index contributed by atoms with van der Waals surface area (Å²) in [5, 5.41) is 1.32. The summed E-state index contributed by atoms with van der Waals surface area (Å²) >= 11 is 0. The van der Waals surface area contributed by atoms with E-state index in [9.17, 15) is 4.79 Å². The van der Waals surface area contributed by atoms with Gasteiger partial charge in [0, 0.05) is 18.2 Å². The van der Waals surface area contributed by atoms with E-state index in [0.29, 0.717) is 18.1 Å². The second-order valence-electron chi connectivity index (χ2n) is 4.50. The van der Waals surface area contributed by atoms with Gasteiger partial charge in [0.1, 0.15) is 0 Å². The molecule has 4 heteroatoms. The molecule has 17 heavy (non-hydrogen) atoms. The molecule has 0 spiro atoms. The number of ether oxygens (including phenoxy) is 1. The molecule has 1 amide bonds. The number of carbonyl (C=O) groups excluding carboxylic acids is 1. The van der Waals surface area contributed by atoms with Crippen LogP contribution in [0.2, 0.25) is 0 Å². The fraction of sp³-hybridized carbons (Fsp3) is 0.462. The molecule has 0 aromatic heterocycles. The van der Waals surface area contributed by atoms with Crippen molar-refractivity contribution in [2.75, 3.05) is 13.7 Å². The Morgan fingerprint density at radius 2 is 2.06 bits per heavy atom. The van der Waals surface area contributed by atoms with E-state index in [1.807, 2.05) is 32.0 Å². The van der Waals surface area contributed by atoms with E-state index < -0.39 is 6.23 Å². The lowest BCUT2D eigenvalue weighted by Crippen LogP contribution is -2.30. The molecule has 0 saturated heterocycles. The summed E-state index contributed by atoms with van der Waals surface area (Å²) in [5.74, 6) is 0.233. The molecule has 1 heterocycles. The summed E-state index contributed by atoms with van der Waals surface area (Å²) in [6.07, 6.45) is -0.433. The molecule has 1 aromatic rings. The molecule has 0 bridgehead atoms. The van der Waals surface area contributed by atoms with Crippen LogP contribution >= 0.6 is 0 Å². The largest absolute Gasteiger partial charge is 0.355 e. The Kier molecular flexibility index (Phi) is 3.45. The Labute approximate surface area is 101 Å². The molecule has 0 aliphatic carbocycles. The number of carbonyl (C=O) groups is 1. The fourth-order valence-electron chi connectivity index (χ4n) is 1.84. The van der Waals surface area contributed by atoms with E-state index in [-0.39, 0.29) is 5.91 Å². The fourth-order valence-corrected chi connectivity index (χ4v) is 1.84. The molecule has 92 valence electrons. The Morgan fingerprint density at radius 3 is 2.71 bits per heavy atom. The Bertz CT molecular complexity index is 417. The van der Waals surface area contributed by atoms with Crippen LogP contribution in [0.15, 0.2) is 24.3 Å². The van der Waals surface area contributed by atoms with E-state index in [1.54, 1.807) is 13.2 Å².